The SMILES string of the molecule is CC12C=c3c(n(-c4ccccc4C(NC(I)c4ccc5c(ccc6ccccc65)c4)[NH+]=C(N)c4ccccc4)c4ccc(-n5c6ccccc6c6cc7ccccc7cc65)cc34)=CC1=CC=CC2. The number of nitrogens with two attached hydrogens (primary N) is 1. The summed E-state index contributed by atoms with van der Waals surface area (Å²) in [5, 5.41) is 17.6. The molecule has 0 amide bonds. The van der Waals surface area contributed by atoms with Gasteiger partial charge in [-0.05, 0) is 117 Å². The van der Waals surface area contributed by atoms with Gasteiger partial charge in [-0.1, -0.05) is 181 Å². The van der Waals surface area contributed by atoms with E-state index in [2.05, 4.69) is 249 Å². The van der Waals surface area contributed by atoms with E-state index in [0.717, 1.165) is 34.4 Å². The minimum atomic E-state index is -0.380. The molecule has 0 saturated heterocycles. The fourth-order valence-electron chi connectivity index (χ4n) is 11.0. The Morgan fingerprint density at radius 1 is 0.618 bits per heavy atom. The highest BCUT2D eigenvalue weighted by molar-refractivity contribution is 14.1. The molecule has 11 aromatic rings. The van der Waals surface area contributed by atoms with Crippen LogP contribution in [0.3, 0.4) is 0 Å². The molecule has 2 aromatic heterocycles. The molecule has 6 heteroatoms. The average Bonchev–Trinajstić information content (AvgIpc) is 3.87. The highest BCUT2D eigenvalue weighted by atomic mass is 127. The lowest BCUT2D eigenvalue weighted by molar-refractivity contribution is -0.518. The van der Waals surface area contributed by atoms with Crippen LogP contribution in [0.4, 0.5) is 0 Å². The molecule has 5 nitrogen and oxygen atoms in total. The van der Waals surface area contributed by atoms with E-state index >= 15 is 0 Å². The van der Waals surface area contributed by atoms with Crippen molar-refractivity contribution in [1.82, 2.24) is 14.5 Å². The number of aromatic nitrogens is 2. The molecule has 13 rings (SSSR count). The van der Waals surface area contributed by atoms with Crippen LogP contribution >= 0.6 is 22.6 Å². The summed E-state index contributed by atoms with van der Waals surface area (Å²) in [6, 6.07) is 68.2. The van der Waals surface area contributed by atoms with Crippen molar-refractivity contribution in [3.8, 4) is 11.4 Å². The van der Waals surface area contributed by atoms with E-state index in [-0.39, 0.29) is 15.6 Å². The number of halogens is 1. The van der Waals surface area contributed by atoms with Crippen molar-refractivity contribution < 1.29 is 4.99 Å². The first-order valence-electron chi connectivity index (χ1n) is 23.4. The largest absolute Gasteiger partial charge is 0.309 e. The number of nitrogens with one attached hydrogen (secondary N) is 2. The number of alkyl halides is 1. The molecule has 326 valence electrons. The van der Waals surface area contributed by atoms with Gasteiger partial charge in [0.15, 0.2) is 6.17 Å². The monoisotopic (exact) mass is 988 g/mol. The topological polar surface area (TPSA) is 61.9 Å². The van der Waals surface area contributed by atoms with E-state index in [1.165, 1.54) is 81.2 Å². The van der Waals surface area contributed by atoms with Crippen LogP contribution in [0, 0.1) is 5.41 Å². The number of para-hydroxylation sites is 2. The molecule has 9 aromatic carbocycles. The molecule has 0 saturated carbocycles. The number of amidine groups is 1. The third-order valence-electron chi connectivity index (χ3n) is 14.4. The molecule has 2 heterocycles. The van der Waals surface area contributed by atoms with Gasteiger partial charge in [0.05, 0.1) is 37.2 Å². The average molecular weight is 989 g/mol. The summed E-state index contributed by atoms with van der Waals surface area (Å²) in [5.74, 6) is 0.601. The first-order chi connectivity index (χ1) is 33.4. The zero-order valence-electron chi connectivity index (χ0n) is 37.5. The second-order valence-electron chi connectivity index (χ2n) is 18.6. The van der Waals surface area contributed by atoms with Gasteiger partial charge in [0.25, 0.3) is 5.84 Å². The summed E-state index contributed by atoms with van der Waals surface area (Å²) >= 11 is 2.55. The van der Waals surface area contributed by atoms with Crippen molar-refractivity contribution in [3.63, 3.8) is 0 Å². The molecule has 68 heavy (non-hydrogen) atoms. The number of allylic oxidation sites excluding steroid dienone is 4. The zero-order chi connectivity index (χ0) is 45.5. The molecular formula is C62H47IN5+. The third kappa shape index (κ3) is 6.65. The summed E-state index contributed by atoms with van der Waals surface area (Å²) in [7, 11) is 0. The number of hydrogen-bond donors (Lipinski definition) is 3. The second kappa shape index (κ2) is 16.1. The van der Waals surface area contributed by atoms with Gasteiger partial charge in [-0.3, -0.25) is 16.0 Å². The Balaban J connectivity index is 1.01. The first-order valence-corrected chi connectivity index (χ1v) is 24.7. The van der Waals surface area contributed by atoms with E-state index in [4.69, 9.17) is 5.73 Å². The molecule has 0 fully saturated rings. The predicted octanol–water partition coefficient (Wildman–Crippen LogP) is 11.9. The van der Waals surface area contributed by atoms with Crippen LogP contribution in [0.5, 0.6) is 0 Å². The molecule has 2 aliphatic rings. The van der Waals surface area contributed by atoms with Crippen molar-refractivity contribution >= 4 is 106 Å². The lowest BCUT2D eigenvalue weighted by Gasteiger charge is -2.30. The minimum Gasteiger partial charge on any atom is -0.309 e. The molecule has 3 atom stereocenters. The minimum absolute atomic E-state index is 0.0707. The highest BCUT2D eigenvalue weighted by Crippen LogP contribution is 2.40. The third-order valence-corrected chi connectivity index (χ3v) is 15.5. The van der Waals surface area contributed by atoms with Crippen LogP contribution in [0.15, 0.2) is 212 Å². The summed E-state index contributed by atoms with van der Waals surface area (Å²) in [6.07, 6.45) is 12.3. The maximum atomic E-state index is 7.03. The molecule has 0 spiro atoms. The standard InChI is InChI=1S/C62H46IN5/c1-62-32-14-13-20-45(62)36-58-53(38-62)52-37-46(67-54-24-11-9-22-49(54)51-34-41-18-5-6-19-42(41)35-57(51)67)29-31-56(52)68(58)55-25-12-10-23-50(55)61(66-60(64)40-16-3-2-4-17-40)65-59(63)44-28-30-48-43(33-44)27-26-39-15-7-8-21-47(39)48/h2-31,33-38,59,61,65H,32H2,1H3,(H2,64,66)/p+1. The Bertz CT molecular complexity index is 4100. The Morgan fingerprint density at radius 3 is 2.19 bits per heavy atom. The fraction of sp³-hybridized carbons (Fsp3) is 0.0806. The predicted molar refractivity (Wildman–Crippen MR) is 293 cm³/mol. The summed E-state index contributed by atoms with van der Waals surface area (Å²) in [4.78, 5) is 3.79. The van der Waals surface area contributed by atoms with Gasteiger partial charge in [0.2, 0.25) is 0 Å². The van der Waals surface area contributed by atoms with Gasteiger partial charge in [0, 0.05) is 38.0 Å². The number of nitrogens with zero attached hydrogens (tertiary/aromatic N) is 2. The summed E-state index contributed by atoms with van der Waals surface area (Å²) < 4.78 is 4.87. The maximum absolute atomic E-state index is 7.03. The molecule has 2 aliphatic carbocycles. The Labute approximate surface area is 407 Å². The number of fused-ring (bicyclic) bond motifs is 11. The normalized spacial score (nSPS) is 16.7. The van der Waals surface area contributed by atoms with Crippen LogP contribution < -0.4 is 26.6 Å². The van der Waals surface area contributed by atoms with Crippen molar-refractivity contribution in [3.05, 3.63) is 239 Å². The van der Waals surface area contributed by atoms with Crippen LogP contribution in [0.2, 0.25) is 0 Å². The molecule has 0 radical (unpaired) electrons. The molecule has 0 bridgehead atoms. The van der Waals surface area contributed by atoms with Crippen molar-refractivity contribution in [1.29, 1.82) is 0 Å². The smallest absolute Gasteiger partial charge is 0.274 e. The molecule has 0 aliphatic heterocycles. The molecule has 4 N–H and O–H groups in total. The lowest BCUT2D eigenvalue weighted by atomic mass is 9.74. The number of benzene rings is 9. The van der Waals surface area contributed by atoms with Crippen LogP contribution in [-0.2, 0) is 0 Å². The van der Waals surface area contributed by atoms with Crippen LogP contribution in [-0.4, -0.2) is 15.0 Å². The van der Waals surface area contributed by atoms with Gasteiger partial charge in [0.1, 0.15) is 0 Å². The number of nitrogen functional groups attached to an aromatic ring is 1. The molecular weight excluding hydrogens is 942 g/mol. The Kier molecular flexibility index (Phi) is 9.63. The molecule has 3 unspecified atom stereocenters. The maximum Gasteiger partial charge on any atom is 0.274 e. The van der Waals surface area contributed by atoms with Gasteiger partial charge < -0.3 is 9.13 Å². The van der Waals surface area contributed by atoms with Crippen LogP contribution in [0.1, 0.15) is 40.2 Å². The van der Waals surface area contributed by atoms with Crippen molar-refractivity contribution in [2.24, 2.45) is 11.1 Å². The van der Waals surface area contributed by atoms with E-state index in [0.29, 0.717) is 5.84 Å². The van der Waals surface area contributed by atoms with E-state index in [1.54, 1.807) is 0 Å². The van der Waals surface area contributed by atoms with Crippen molar-refractivity contribution in [2.45, 2.75) is 23.6 Å². The van der Waals surface area contributed by atoms with Gasteiger partial charge in [-0.15, -0.1) is 0 Å². The lowest BCUT2D eigenvalue weighted by Crippen LogP contribution is -2.80. The van der Waals surface area contributed by atoms with E-state index in [1.807, 2.05) is 18.2 Å². The Hall–Kier alpha value is -7.52. The quantitative estimate of drug-likeness (QED) is 0.0270. The summed E-state index contributed by atoms with van der Waals surface area (Å²) in [6.45, 7) is 2.38. The van der Waals surface area contributed by atoms with Gasteiger partial charge in [-0.25, -0.2) is 0 Å². The highest BCUT2D eigenvalue weighted by Gasteiger charge is 2.31. The van der Waals surface area contributed by atoms with E-state index in [9.17, 15) is 0 Å². The van der Waals surface area contributed by atoms with E-state index < -0.39 is 0 Å². The number of hydrogen-bond acceptors (Lipinski definition) is 1. The van der Waals surface area contributed by atoms with Crippen molar-refractivity contribution in [2.75, 3.05) is 0 Å². The van der Waals surface area contributed by atoms with Crippen LogP contribution in [0.25, 0.3) is 88.6 Å². The number of rotatable bonds is 8. The van der Waals surface area contributed by atoms with Gasteiger partial charge in [-0.2, -0.15) is 0 Å². The van der Waals surface area contributed by atoms with Gasteiger partial charge >= 0.3 is 0 Å². The summed E-state index contributed by atoms with van der Waals surface area (Å²) in [5.41, 5.74) is 17.2. The second-order valence-corrected chi connectivity index (χ2v) is 19.8. The zero-order valence-corrected chi connectivity index (χ0v) is 39.7. The fourth-order valence-corrected chi connectivity index (χ4v) is 11.7. The Morgan fingerprint density at radius 2 is 1.32 bits per heavy atom. The first kappa shape index (κ1) is 40.7.